The molecular formula is C21H35NO. The number of benzene rings is 1. The summed E-state index contributed by atoms with van der Waals surface area (Å²) in [5.74, 6) is 0.174. The van der Waals surface area contributed by atoms with Gasteiger partial charge in [-0.15, -0.1) is 0 Å². The number of nitrogens with one attached hydrogen (secondary N) is 1. The van der Waals surface area contributed by atoms with E-state index in [9.17, 15) is 4.79 Å². The fraction of sp³-hybridized carbons (Fsp3) is 0.667. The second-order valence-corrected chi connectivity index (χ2v) is 6.49. The van der Waals surface area contributed by atoms with Crippen molar-refractivity contribution in [2.45, 2.75) is 84.0 Å². The van der Waals surface area contributed by atoms with E-state index in [-0.39, 0.29) is 11.8 Å². The molecule has 23 heavy (non-hydrogen) atoms. The number of unbranched alkanes of at least 4 members (excludes halogenated alkanes) is 8. The maximum Gasteiger partial charge on any atom is 0.227 e. The highest BCUT2D eigenvalue weighted by atomic mass is 16.1. The first kappa shape index (κ1) is 19.7. The van der Waals surface area contributed by atoms with E-state index >= 15 is 0 Å². The summed E-state index contributed by atoms with van der Waals surface area (Å²) in [4.78, 5) is 12.3. The highest BCUT2D eigenvalue weighted by Gasteiger charge is 2.17. The lowest BCUT2D eigenvalue weighted by Gasteiger charge is -2.15. The van der Waals surface area contributed by atoms with Crippen LogP contribution in [0.5, 0.6) is 0 Å². The van der Waals surface area contributed by atoms with E-state index in [4.69, 9.17) is 0 Å². The van der Waals surface area contributed by atoms with Gasteiger partial charge < -0.3 is 5.32 Å². The van der Waals surface area contributed by atoms with Crippen LogP contribution in [0, 0.1) is 0 Å². The van der Waals surface area contributed by atoms with Gasteiger partial charge in [0.1, 0.15) is 0 Å². The van der Waals surface area contributed by atoms with Crippen molar-refractivity contribution >= 4 is 5.91 Å². The molecule has 0 heterocycles. The lowest BCUT2D eigenvalue weighted by Crippen LogP contribution is -2.29. The molecule has 0 radical (unpaired) electrons. The molecule has 1 unspecified atom stereocenters. The molecule has 2 nitrogen and oxygen atoms in total. The lowest BCUT2D eigenvalue weighted by molar-refractivity contribution is -0.122. The minimum Gasteiger partial charge on any atom is -0.356 e. The Balaban J connectivity index is 2.07. The van der Waals surface area contributed by atoms with Gasteiger partial charge in [0.15, 0.2) is 0 Å². The Hall–Kier alpha value is -1.31. The van der Waals surface area contributed by atoms with Gasteiger partial charge in [-0.2, -0.15) is 0 Å². The van der Waals surface area contributed by atoms with Crippen molar-refractivity contribution < 1.29 is 4.79 Å². The summed E-state index contributed by atoms with van der Waals surface area (Å²) < 4.78 is 0. The van der Waals surface area contributed by atoms with E-state index in [2.05, 4.69) is 19.2 Å². The second-order valence-electron chi connectivity index (χ2n) is 6.49. The molecule has 0 aliphatic rings. The molecule has 130 valence electrons. The normalized spacial score (nSPS) is 12.1. The number of hydrogen-bond acceptors (Lipinski definition) is 1. The maximum absolute atomic E-state index is 12.3. The monoisotopic (exact) mass is 317 g/mol. The molecule has 0 spiro atoms. The zero-order valence-electron chi connectivity index (χ0n) is 15.2. The Kier molecular flexibility index (Phi) is 11.3. The summed E-state index contributed by atoms with van der Waals surface area (Å²) in [5, 5.41) is 3.11. The third-order valence-electron chi connectivity index (χ3n) is 4.51. The molecule has 0 aliphatic heterocycles. The maximum atomic E-state index is 12.3. The molecule has 2 heteroatoms. The van der Waals surface area contributed by atoms with Crippen molar-refractivity contribution in [1.82, 2.24) is 5.32 Å². The first-order chi connectivity index (χ1) is 11.3. The molecule has 1 rings (SSSR count). The van der Waals surface area contributed by atoms with E-state index in [0.29, 0.717) is 0 Å². The number of amides is 1. The minimum atomic E-state index is -0.00485. The second kappa shape index (κ2) is 13.2. The van der Waals surface area contributed by atoms with Gasteiger partial charge in [0.25, 0.3) is 0 Å². The van der Waals surface area contributed by atoms with Crippen molar-refractivity contribution in [1.29, 1.82) is 0 Å². The van der Waals surface area contributed by atoms with Gasteiger partial charge in [-0.1, -0.05) is 95.5 Å². The minimum absolute atomic E-state index is 0.00485. The van der Waals surface area contributed by atoms with Crippen molar-refractivity contribution in [3.05, 3.63) is 35.9 Å². The summed E-state index contributed by atoms with van der Waals surface area (Å²) >= 11 is 0. The summed E-state index contributed by atoms with van der Waals surface area (Å²) in [5.41, 5.74) is 1.12. The van der Waals surface area contributed by atoms with Crippen LogP contribution in [0.25, 0.3) is 0 Å². The van der Waals surface area contributed by atoms with Crippen LogP contribution >= 0.6 is 0 Å². The van der Waals surface area contributed by atoms with E-state index < -0.39 is 0 Å². The average Bonchev–Trinajstić information content (AvgIpc) is 2.58. The van der Waals surface area contributed by atoms with Crippen LogP contribution in [0.4, 0.5) is 0 Å². The SMILES string of the molecule is CCCCCCCCCCCNC(=O)C(CC)c1ccccc1. The first-order valence-electron chi connectivity index (χ1n) is 9.62. The van der Waals surface area contributed by atoms with E-state index in [1.165, 1.54) is 51.4 Å². The molecular weight excluding hydrogens is 282 g/mol. The highest BCUT2D eigenvalue weighted by molar-refractivity contribution is 5.83. The van der Waals surface area contributed by atoms with E-state index in [0.717, 1.165) is 24.9 Å². The number of carbonyl (C=O) groups excluding carboxylic acids is 1. The highest BCUT2D eigenvalue weighted by Crippen LogP contribution is 2.19. The molecule has 0 bridgehead atoms. The smallest absolute Gasteiger partial charge is 0.227 e. The molecule has 1 atom stereocenters. The molecule has 0 aliphatic carbocycles. The van der Waals surface area contributed by atoms with Gasteiger partial charge in [0.05, 0.1) is 5.92 Å². The third-order valence-corrected chi connectivity index (χ3v) is 4.51. The Morgan fingerprint density at radius 2 is 1.43 bits per heavy atom. The summed E-state index contributed by atoms with van der Waals surface area (Å²) in [6.45, 7) is 5.16. The van der Waals surface area contributed by atoms with Gasteiger partial charge in [-0.25, -0.2) is 0 Å². The first-order valence-corrected chi connectivity index (χ1v) is 9.62. The fourth-order valence-corrected chi connectivity index (χ4v) is 3.03. The van der Waals surface area contributed by atoms with Crippen molar-refractivity contribution in [3.8, 4) is 0 Å². The summed E-state index contributed by atoms with van der Waals surface area (Å²) in [7, 11) is 0. The van der Waals surface area contributed by atoms with Crippen molar-refractivity contribution in [2.24, 2.45) is 0 Å². The lowest BCUT2D eigenvalue weighted by atomic mass is 9.95. The van der Waals surface area contributed by atoms with Gasteiger partial charge in [-0.05, 0) is 18.4 Å². The van der Waals surface area contributed by atoms with Crippen molar-refractivity contribution in [3.63, 3.8) is 0 Å². The fourth-order valence-electron chi connectivity index (χ4n) is 3.03. The van der Waals surface area contributed by atoms with Crippen LogP contribution in [-0.2, 0) is 4.79 Å². The number of rotatable bonds is 13. The van der Waals surface area contributed by atoms with Gasteiger partial charge in [0.2, 0.25) is 5.91 Å². The van der Waals surface area contributed by atoms with Crippen LogP contribution in [0.2, 0.25) is 0 Å². The van der Waals surface area contributed by atoms with E-state index in [1.807, 2.05) is 30.3 Å². The van der Waals surface area contributed by atoms with Crippen LogP contribution in [-0.4, -0.2) is 12.5 Å². The van der Waals surface area contributed by atoms with Crippen LogP contribution < -0.4 is 5.32 Å². The molecule has 0 saturated carbocycles. The molecule has 0 fully saturated rings. The molecule has 1 aromatic carbocycles. The largest absolute Gasteiger partial charge is 0.356 e. The van der Waals surface area contributed by atoms with Gasteiger partial charge in [0, 0.05) is 6.54 Å². The Bertz CT molecular complexity index is 402. The predicted molar refractivity (Wildman–Crippen MR) is 99.7 cm³/mol. The zero-order valence-corrected chi connectivity index (χ0v) is 15.2. The standard InChI is InChI=1S/C21H35NO/c1-3-5-6-7-8-9-10-11-15-18-22-21(23)20(4-2)19-16-13-12-14-17-19/h12-14,16-17,20H,3-11,15,18H2,1-2H3,(H,22,23). The van der Waals surface area contributed by atoms with Crippen molar-refractivity contribution in [2.75, 3.05) is 6.54 Å². The zero-order chi connectivity index (χ0) is 16.8. The van der Waals surface area contributed by atoms with Gasteiger partial charge in [-0.3, -0.25) is 4.79 Å². The molecule has 1 N–H and O–H groups in total. The molecule has 1 amide bonds. The van der Waals surface area contributed by atoms with Gasteiger partial charge >= 0.3 is 0 Å². The average molecular weight is 318 g/mol. The predicted octanol–water partition coefficient (Wildman–Crippen LogP) is 5.83. The Labute approximate surface area is 143 Å². The van der Waals surface area contributed by atoms with E-state index in [1.54, 1.807) is 0 Å². The summed E-state index contributed by atoms with van der Waals surface area (Å²) in [6, 6.07) is 10.1. The summed E-state index contributed by atoms with van der Waals surface area (Å²) in [6.07, 6.45) is 12.7. The molecule has 0 saturated heterocycles. The molecule has 1 aromatic rings. The molecule has 0 aromatic heterocycles. The number of carbonyl (C=O) groups is 1. The Morgan fingerprint density at radius 3 is 2.00 bits per heavy atom. The van der Waals surface area contributed by atoms with Crippen LogP contribution in [0.1, 0.15) is 89.5 Å². The third kappa shape index (κ3) is 8.78. The van der Waals surface area contributed by atoms with Crippen LogP contribution in [0.3, 0.4) is 0 Å². The van der Waals surface area contributed by atoms with Crippen LogP contribution in [0.15, 0.2) is 30.3 Å². The quantitative estimate of drug-likeness (QED) is 0.456. The number of hydrogen-bond donors (Lipinski definition) is 1. The Morgan fingerprint density at radius 1 is 0.870 bits per heavy atom. The topological polar surface area (TPSA) is 29.1 Å².